The molecule has 30 heavy (non-hydrogen) atoms. The van der Waals surface area contributed by atoms with Gasteiger partial charge >= 0.3 is 188 Å². The van der Waals surface area contributed by atoms with Gasteiger partial charge in [0.1, 0.15) is 0 Å². The van der Waals surface area contributed by atoms with E-state index in [-0.39, 0.29) is 5.78 Å². The summed E-state index contributed by atoms with van der Waals surface area (Å²) in [5.74, 6) is 1.02. The summed E-state index contributed by atoms with van der Waals surface area (Å²) in [5, 5.41) is 0. The van der Waals surface area contributed by atoms with Crippen LogP contribution in [0.5, 0.6) is 5.75 Å². The second-order valence-electron chi connectivity index (χ2n) is 8.96. The number of ketones is 1. The van der Waals surface area contributed by atoms with Gasteiger partial charge < -0.3 is 0 Å². The Labute approximate surface area is 187 Å². The molecule has 1 aliphatic heterocycles. The Morgan fingerprint density at radius 3 is 1.97 bits per heavy atom. The van der Waals surface area contributed by atoms with E-state index in [9.17, 15) is 4.79 Å². The molecule has 0 saturated carbocycles. The summed E-state index contributed by atoms with van der Waals surface area (Å²) in [5.41, 5.74) is 2.02. The zero-order valence-electron chi connectivity index (χ0n) is 19.1. The van der Waals surface area contributed by atoms with Gasteiger partial charge in [-0.3, -0.25) is 0 Å². The first kappa shape index (κ1) is 23.4. The van der Waals surface area contributed by atoms with Crippen molar-refractivity contribution in [3.63, 3.8) is 0 Å². The molecular formula is C27H38O2Sn. The van der Waals surface area contributed by atoms with Crippen LogP contribution >= 0.6 is 0 Å². The van der Waals surface area contributed by atoms with Crippen molar-refractivity contribution in [3.8, 4) is 5.75 Å². The number of hydrogen-bond donors (Lipinski definition) is 0. The van der Waals surface area contributed by atoms with Crippen molar-refractivity contribution >= 4 is 27.7 Å². The fraction of sp³-hybridized carbons (Fsp3) is 0.519. The van der Waals surface area contributed by atoms with Crippen LogP contribution in [-0.2, 0) is 11.2 Å². The molecule has 0 saturated heterocycles. The van der Waals surface area contributed by atoms with Crippen molar-refractivity contribution in [2.75, 3.05) is 0 Å². The molecule has 2 aromatic carbocycles. The number of Topliss-reactive ketones (excluding diaryl/α,β-unsaturated/α-hetero) is 1. The van der Waals surface area contributed by atoms with Crippen molar-refractivity contribution in [1.29, 1.82) is 0 Å². The molecule has 0 amide bonds. The van der Waals surface area contributed by atoms with Crippen molar-refractivity contribution in [3.05, 3.63) is 59.7 Å². The molecule has 1 atom stereocenters. The number of benzene rings is 2. The summed E-state index contributed by atoms with van der Waals surface area (Å²) in [6, 6.07) is 17.1. The molecule has 3 heteroatoms. The van der Waals surface area contributed by atoms with E-state index >= 15 is 0 Å². The number of carbonyl (C=O) groups is 1. The van der Waals surface area contributed by atoms with Gasteiger partial charge in [-0.1, -0.05) is 0 Å². The zero-order chi connectivity index (χ0) is 21.4. The first-order valence-corrected chi connectivity index (χ1v) is 19.5. The van der Waals surface area contributed by atoms with E-state index in [0.29, 0.717) is 6.42 Å². The normalized spacial score (nSPS) is 16.2. The van der Waals surface area contributed by atoms with Crippen molar-refractivity contribution in [2.45, 2.75) is 85.1 Å². The molecule has 0 radical (unpaired) electrons. The standard InChI is InChI=1S/C15H11O2.3C4H9.Sn/c16-13-10-12-8-4-5-9-14(12)17-15(13)11-6-2-1-3-7-11;3*1-3-4-2;/h2-9,15H,10H2;3*1,3-4H2,2H3;. The van der Waals surface area contributed by atoms with Crippen molar-refractivity contribution < 1.29 is 9.53 Å². The number of carbonyl (C=O) groups excluding carboxylic acids is 1. The van der Waals surface area contributed by atoms with E-state index in [1.807, 2.05) is 24.3 Å². The Balaban J connectivity index is 1.86. The third-order valence-corrected chi connectivity index (χ3v) is 22.4. The van der Waals surface area contributed by atoms with Crippen molar-refractivity contribution in [1.82, 2.24) is 0 Å². The van der Waals surface area contributed by atoms with Crippen molar-refractivity contribution in [2.24, 2.45) is 0 Å². The third-order valence-electron chi connectivity index (χ3n) is 6.73. The van der Waals surface area contributed by atoms with E-state index in [0.717, 1.165) is 16.9 Å². The fourth-order valence-electron chi connectivity index (χ4n) is 4.86. The molecule has 0 N–H and O–H groups in total. The maximum atomic E-state index is 12.8. The molecule has 0 bridgehead atoms. The fourth-order valence-corrected chi connectivity index (χ4v) is 20.8. The summed E-state index contributed by atoms with van der Waals surface area (Å²) in [6.07, 6.45) is 7.98. The summed E-state index contributed by atoms with van der Waals surface area (Å²) >= 11 is -2.42. The SMILES string of the molecule is CCC[CH2][Sn]([CH2]CCC)([CH2]CCC)[c]1ccc(C2Oc3ccccc3CC2=O)cc1. The molecule has 1 unspecified atom stereocenters. The van der Waals surface area contributed by atoms with Gasteiger partial charge in [0.15, 0.2) is 0 Å². The van der Waals surface area contributed by atoms with Crippen LogP contribution < -0.4 is 8.32 Å². The first-order chi connectivity index (χ1) is 14.6. The summed E-state index contributed by atoms with van der Waals surface area (Å²) < 4.78 is 12.2. The van der Waals surface area contributed by atoms with Crippen LogP contribution in [0.15, 0.2) is 48.5 Å². The van der Waals surface area contributed by atoms with Crippen LogP contribution in [-0.4, -0.2) is 24.2 Å². The number of ether oxygens (including phenoxy) is 1. The van der Waals surface area contributed by atoms with Gasteiger partial charge in [0.25, 0.3) is 0 Å². The second-order valence-corrected chi connectivity index (χ2v) is 22.2. The molecule has 1 aliphatic rings. The van der Waals surface area contributed by atoms with Gasteiger partial charge in [0.2, 0.25) is 0 Å². The maximum absolute atomic E-state index is 12.8. The molecule has 3 rings (SSSR count). The predicted octanol–water partition coefficient (Wildman–Crippen LogP) is 6.99. The second kappa shape index (κ2) is 11.4. The van der Waals surface area contributed by atoms with Crippen LogP contribution in [0.4, 0.5) is 0 Å². The van der Waals surface area contributed by atoms with E-state index in [2.05, 4.69) is 45.0 Å². The number of para-hydroxylation sites is 1. The zero-order valence-corrected chi connectivity index (χ0v) is 21.9. The molecule has 0 spiro atoms. The van der Waals surface area contributed by atoms with Crippen LogP contribution in [0, 0.1) is 0 Å². The molecule has 2 nitrogen and oxygen atoms in total. The van der Waals surface area contributed by atoms with Gasteiger partial charge in [0, 0.05) is 0 Å². The summed E-state index contributed by atoms with van der Waals surface area (Å²) in [7, 11) is 0. The van der Waals surface area contributed by atoms with Crippen LogP contribution in [0.2, 0.25) is 13.3 Å². The molecular weight excluding hydrogens is 475 g/mol. The average Bonchev–Trinajstić information content (AvgIpc) is 2.78. The third kappa shape index (κ3) is 5.49. The Kier molecular flexibility index (Phi) is 8.85. The molecule has 1 heterocycles. The molecule has 162 valence electrons. The first-order valence-electron chi connectivity index (χ1n) is 12.0. The Bertz CT molecular complexity index is 790. The van der Waals surface area contributed by atoms with Gasteiger partial charge in [-0.25, -0.2) is 0 Å². The van der Waals surface area contributed by atoms with Gasteiger partial charge in [0.05, 0.1) is 0 Å². The monoisotopic (exact) mass is 514 g/mol. The predicted molar refractivity (Wildman–Crippen MR) is 129 cm³/mol. The molecule has 0 fully saturated rings. The van der Waals surface area contributed by atoms with Crippen LogP contribution in [0.25, 0.3) is 0 Å². The molecule has 0 aromatic heterocycles. The average molecular weight is 513 g/mol. The quantitative estimate of drug-likeness (QED) is 0.303. The Morgan fingerprint density at radius 1 is 0.833 bits per heavy atom. The molecule has 0 aliphatic carbocycles. The van der Waals surface area contributed by atoms with E-state index < -0.39 is 24.5 Å². The number of fused-ring (bicyclic) bond motifs is 1. The van der Waals surface area contributed by atoms with E-state index in [1.54, 1.807) is 3.58 Å². The van der Waals surface area contributed by atoms with Crippen LogP contribution in [0.3, 0.4) is 0 Å². The number of rotatable bonds is 11. The van der Waals surface area contributed by atoms with Gasteiger partial charge in [-0.2, -0.15) is 0 Å². The van der Waals surface area contributed by atoms with E-state index in [4.69, 9.17) is 4.74 Å². The number of unbranched alkanes of at least 4 members (excludes halogenated alkanes) is 3. The summed E-state index contributed by atoms with van der Waals surface area (Å²) in [6.45, 7) is 6.97. The summed E-state index contributed by atoms with van der Waals surface area (Å²) in [4.78, 5) is 12.8. The Hall–Kier alpha value is -1.29. The topological polar surface area (TPSA) is 26.3 Å². The number of hydrogen-bond acceptors (Lipinski definition) is 2. The molecule has 2 aromatic rings. The van der Waals surface area contributed by atoms with Gasteiger partial charge in [-0.15, -0.1) is 0 Å². The Morgan fingerprint density at radius 2 is 1.40 bits per heavy atom. The van der Waals surface area contributed by atoms with Crippen LogP contribution in [0.1, 0.15) is 76.5 Å². The van der Waals surface area contributed by atoms with Gasteiger partial charge in [-0.05, 0) is 0 Å². The minimum atomic E-state index is -2.42. The van der Waals surface area contributed by atoms with E-state index in [1.165, 1.54) is 51.8 Å². The minimum absolute atomic E-state index is 0.166.